The molecule has 0 saturated carbocycles. The van der Waals surface area contributed by atoms with Crippen molar-refractivity contribution in [2.24, 2.45) is 5.41 Å². The molecule has 2 aromatic rings. The highest BCUT2D eigenvalue weighted by atomic mass is 32.1. The first-order valence-electron chi connectivity index (χ1n) is 9.60. The van der Waals surface area contributed by atoms with Crippen LogP contribution >= 0.6 is 11.3 Å². The second-order valence-corrected chi connectivity index (χ2v) is 11.3. The number of benzene rings is 1. The SMILES string of the molecule is CC(C)(C)C(=O)OCc1nc(-c2cc(C(C)(C)C)c(O)c(C(C)(C)C)c2)cs1. The molecule has 5 heteroatoms. The van der Waals surface area contributed by atoms with E-state index in [0.29, 0.717) is 5.75 Å². The Morgan fingerprint density at radius 2 is 1.50 bits per heavy atom. The second-order valence-electron chi connectivity index (χ2n) is 10.4. The number of aromatic nitrogens is 1. The number of carbonyl (C=O) groups excluding carboxylic acids is 1. The van der Waals surface area contributed by atoms with Crippen molar-refractivity contribution in [3.05, 3.63) is 33.6 Å². The summed E-state index contributed by atoms with van der Waals surface area (Å²) < 4.78 is 5.39. The fourth-order valence-electron chi connectivity index (χ4n) is 2.78. The van der Waals surface area contributed by atoms with Gasteiger partial charge >= 0.3 is 5.97 Å². The molecule has 4 nitrogen and oxygen atoms in total. The standard InChI is InChI=1S/C23H33NO3S/c1-21(2,3)15-10-14(11-16(19(15)25)22(4,5)6)17-13-28-18(24-17)12-27-20(26)23(7,8)9/h10-11,13,25H,12H2,1-9H3. The van der Waals surface area contributed by atoms with Crippen LogP contribution in [0.15, 0.2) is 17.5 Å². The zero-order valence-electron chi connectivity index (χ0n) is 18.6. The molecule has 0 fully saturated rings. The first kappa shape index (κ1) is 22.4. The van der Waals surface area contributed by atoms with Gasteiger partial charge in [0.1, 0.15) is 17.4 Å². The molecule has 1 aromatic carbocycles. The molecule has 0 amide bonds. The number of ether oxygens (including phenoxy) is 1. The van der Waals surface area contributed by atoms with E-state index in [1.54, 1.807) is 0 Å². The first-order chi connectivity index (χ1) is 12.6. The first-order valence-corrected chi connectivity index (χ1v) is 10.5. The minimum Gasteiger partial charge on any atom is -0.507 e. The van der Waals surface area contributed by atoms with E-state index in [2.05, 4.69) is 46.5 Å². The molecule has 1 aromatic heterocycles. The molecular formula is C23H33NO3S. The summed E-state index contributed by atoms with van der Waals surface area (Å²) >= 11 is 1.48. The molecule has 28 heavy (non-hydrogen) atoms. The van der Waals surface area contributed by atoms with Crippen LogP contribution in [0.1, 0.15) is 78.4 Å². The number of esters is 1. The highest BCUT2D eigenvalue weighted by molar-refractivity contribution is 7.09. The molecule has 0 radical (unpaired) electrons. The lowest BCUT2D eigenvalue weighted by Gasteiger charge is -2.28. The summed E-state index contributed by atoms with van der Waals surface area (Å²) in [6, 6.07) is 4.04. The van der Waals surface area contributed by atoms with Crippen molar-refractivity contribution in [3.63, 3.8) is 0 Å². The predicted octanol–water partition coefficient (Wildman–Crippen LogP) is 6.20. The van der Waals surface area contributed by atoms with Gasteiger partial charge in [-0.15, -0.1) is 11.3 Å². The number of thiazole rings is 1. The van der Waals surface area contributed by atoms with Crippen LogP contribution in [0.2, 0.25) is 0 Å². The summed E-state index contributed by atoms with van der Waals surface area (Å²) in [5.41, 5.74) is 2.70. The van der Waals surface area contributed by atoms with Crippen LogP contribution in [0.5, 0.6) is 5.75 Å². The third-order valence-corrected chi connectivity index (χ3v) is 5.33. The van der Waals surface area contributed by atoms with Crippen LogP contribution in [-0.2, 0) is 27.0 Å². The van der Waals surface area contributed by atoms with Crippen molar-refractivity contribution in [1.82, 2.24) is 4.98 Å². The molecule has 0 aliphatic rings. The highest BCUT2D eigenvalue weighted by Crippen LogP contribution is 2.42. The molecule has 0 unspecified atom stereocenters. The van der Waals surface area contributed by atoms with Crippen molar-refractivity contribution < 1.29 is 14.6 Å². The topological polar surface area (TPSA) is 59.4 Å². The Hall–Kier alpha value is -1.88. The van der Waals surface area contributed by atoms with Crippen LogP contribution in [0.4, 0.5) is 0 Å². The number of phenolic OH excluding ortho intramolecular Hbond substituents is 1. The summed E-state index contributed by atoms with van der Waals surface area (Å²) in [5.74, 6) is 0.122. The summed E-state index contributed by atoms with van der Waals surface area (Å²) in [6.45, 7) is 18.2. The zero-order chi connectivity index (χ0) is 21.5. The van der Waals surface area contributed by atoms with E-state index in [0.717, 1.165) is 27.4 Å². The van der Waals surface area contributed by atoms with Gasteiger partial charge in [0, 0.05) is 22.1 Å². The third-order valence-electron chi connectivity index (χ3n) is 4.51. The molecule has 1 N–H and O–H groups in total. The van der Waals surface area contributed by atoms with E-state index in [-0.39, 0.29) is 23.4 Å². The summed E-state index contributed by atoms with van der Waals surface area (Å²) in [6.07, 6.45) is 0. The Morgan fingerprint density at radius 1 is 1.00 bits per heavy atom. The quantitative estimate of drug-likeness (QED) is 0.620. The van der Waals surface area contributed by atoms with Gasteiger partial charge in [-0.25, -0.2) is 4.98 Å². The normalized spacial score (nSPS) is 12.9. The lowest BCUT2D eigenvalue weighted by molar-refractivity contribution is -0.154. The van der Waals surface area contributed by atoms with Gasteiger partial charge in [0.2, 0.25) is 0 Å². The molecule has 0 aliphatic carbocycles. The van der Waals surface area contributed by atoms with E-state index in [1.165, 1.54) is 11.3 Å². The lowest BCUT2D eigenvalue weighted by atomic mass is 9.78. The van der Waals surface area contributed by atoms with Gasteiger partial charge in [-0.1, -0.05) is 41.5 Å². The number of hydrogen-bond acceptors (Lipinski definition) is 5. The van der Waals surface area contributed by atoms with Crippen LogP contribution in [0.25, 0.3) is 11.3 Å². The summed E-state index contributed by atoms with van der Waals surface area (Å²) in [5, 5.41) is 13.6. The van der Waals surface area contributed by atoms with Crippen molar-refractivity contribution >= 4 is 17.3 Å². The Labute approximate surface area is 173 Å². The van der Waals surface area contributed by atoms with Crippen molar-refractivity contribution in [2.45, 2.75) is 79.8 Å². The monoisotopic (exact) mass is 403 g/mol. The fraction of sp³-hybridized carbons (Fsp3) is 0.565. The molecule has 0 atom stereocenters. The maximum atomic E-state index is 12.0. The maximum absolute atomic E-state index is 12.0. The van der Waals surface area contributed by atoms with Gasteiger partial charge in [-0.05, 0) is 43.7 Å². The molecule has 154 valence electrons. The minimum atomic E-state index is -0.528. The van der Waals surface area contributed by atoms with E-state index in [9.17, 15) is 9.90 Å². The lowest BCUT2D eigenvalue weighted by Crippen LogP contribution is -2.22. The minimum absolute atomic E-state index is 0.178. The number of nitrogens with zero attached hydrogens (tertiary/aromatic N) is 1. The number of carbonyl (C=O) groups is 1. The third kappa shape index (κ3) is 5.13. The predicted molar refractivity (Wildman–Crippen MR) is 116 cm³/mol. The van der Waals surface area contributed by atoms with Crippen molar-refractivity contribution in [2.75, 3.05) is 0 Å². The maximum Gasteiger partial charge on any atom is 0.311 e. The summed E-state index contributed by atoms with van der Waals surface area (Å²) in [7, 11) is 0. The largest absolute Gasteiger partial charge is 0.507 e. The molecule has 0 saturated heterocycles. The number of phenols is 1. The smallest absolute Gasteiger partial charge is 0.311 e. The molecule has 0 bridgehead atoms. The summed E-state index contributed by atoms with van der Waals surface area (Å²) in [4.78, 5) is 16.7. The highest BCUT2D eigenvalue weighted by Gasteiger charge is 2.27. The van der Waals surface area contributed by atoms with Crippen LogP contribution < -0.4 is 0 Å². The molecule has 2 rings (SSSR count). The number of rotatable bonds is 3. The van der Waals surface area contributed by atoms with Gasteiger partial charge in [0.25, 0.3) is 0 Å². The Kier molecular flexibility index (Phi) is 6.01. The second kappa shape index (κ2) is 7.51. The van der Waals surface area contributed by atoms with Crippen LogP contribution in [0, 0.1) is 5.41 Å². The molecular weight excluding hydrogens is 370 g/mol. The van der Waals surface area contributed by atoms with Gasteiger partial charge in [0.05, 0.1) is 11.1 Å². The Bertz CT molecular complexity index is 826. The molecule has 0 aliphatic heterocycles. The Morgan fingerprint density at radius 3 is 1.93 bits per heavy atom. The van der Waals surface area contributed by atoms with Gasteiger partial charge < -0.3 is 9.84 Å². The fourth-order valence-corrected chi connectivity index (χ4v) is 3.49. The number of aromatic hydroxyl groups is 1. The Balaban J connectivity index is 2.41. The van der Waals surface area contributed by atoms with E-state index in [4.69, 9.17) is 4.74 Å². The van der Waals surface area contributed by atoms with E-state index >= 15 is 0 Å². The van der Waals surface area contributed by atoms with Crippen LogP contribution in [0.3, 0.4) is 0 Å². The van der Waals surface area contributed by atoms with Crippen LogP contribution in [-0.4, -0.2) is 16.1 Å². The average Bonchev–Trinajstić information content (AvgIpc) is 2.98. The van der Waals surface area contributed by atoms with Crippen molar-refractivity contribution in [3.8, 4) is 17.0 Å². The van der Waals surface area contributed by atoms with Gasteiger partial charge in [0.15, 0.2) is 0 Å². The van der Waals surface area contributed by atoms with Gasteiger partial charge in [-0.3, -0.25) is 4.79 Å². The number of hydrogen-bond donors (Lipinski definition) is 1. The van der Waals surface area contributed by atoms with E-state index < -0.39 is 5.41 Å². The zero-order valence-corrected chi connectivity index (χ0v) is 19.4. The molecule has 1 heterocycles. The van der Waals surface area contributed by atoms with E-state index in [1.807, 2.05) is 38.3 Å². The van der Waals surface area contributed by atoms with Crippen molar-refractivity contribution in [1.29, 1.82) is 0 Å². The van der Waals surface area contributed by atoms with Gasteiger partial charge in [-0.2, -0.15) is 0 Å². The average molecular weight is 404 g/mol. The molecule has 0 spiro atoms.